The molecule has 0 saturated heterocycles. The topological polar surface area (TPSA) is 72.1 Å². The van der Waals surface area contributed by atoms with Crippen LogP contribution in [-0.2, 0) is 26.7 Å². The molecule has 0 aliphatic carbocycles. The molecular weight excluding hydrogens is 362 g/mol. The zero-order chi connectivity index (χ0) is 20.1. The maximum atomic E-state index is 4.70. The van der Waals surface area contributed by atoms with Crippen molar-refractivity contribution in [1.29, 1.82) is 0 Å². The van der Waals surface area contributed by atoms with E-state index in [-0.39, 0.29) is 0 Å². The Morgan fingerprint density at radius 3 is 2.48 bits per heavy atom. The minimum absolute atomic E-state index is 0.597. The van der Waals surface area contributed by atoms with Crippen molar-refractivity contribution in [2.75, 3.05) is 7.05 Å². The largest absolute Gasteiger partial charge is 0.352 e. The van der Waals surface area contributed by atoms with Crippen LogP contribution in [0.4, 0.5) is 0 Å². The summed E-state index contributed by atoms with van der Waals surface area (Å²) in [5, 5.41) is 11.1. The molecule has 0 bridgehead atoms. The van der Waals surface area contributed by atoms with Crippen LogP contribution in [-0.4, -0.2) is 32.3 Å². The van der Waals surface area contributed by atoms with Crippen LogP contribution in [0.3, 0.4) is 0 Å². The standard InChI is InChI=1S/C22H25N7/c1-23-22(25-15-21-27-19-10-5-6-11-20(19)28(21)2)24-14-17-8-3-4-9-18(17)16-29-13-7-12-26-29/h3-13H,14-16H2,1-2H3,(H2,23,24,25). The van der Waals surface area contributed by atoms with Crippen molar-refractivity contribution >= 4 is 17.0 Å². The van der Waals surface area contributed by atoms with Gasteiger partial charge in [-0.2, -0.15) is 5.10 Å². The number of imidazole rings is 1. The van der Waals surface area contributed by atoms with Crippen molar-refractivity contribution < 1.29 is 0 Å². The number of aromatic nitrogens is 4. The summed E-state index contributed by atoms with van der Waals surface area (Å²) in [5.41, 5.74) is 4.57. The smallest absolute Gasteiger partial charge is 0.191 e. The molecule has 0 atom stereocenters. The number of guanidine groups is 1. The van der Waals surface area contributed by atoms with Crippen LogP contribution < -0.4 is 10.6 Å². The summed E-state index contributed by atoms with van der Waals surface area (Å²) in [6.07, 6.45) is 3.77. The Bertz CT molecular complexity index is 1110. The van der Waals surface area contributed by atoms with Crippen molar-refractivity contribution in [1.82, 2.24) is 30.0 Å². The number of nitrogens with zero attached hydrogens (tertiary/aromatic N) is 5. The lowest BCUT2D eigenvalue weighted by molar-refractivity contribution is 0.676. The fraction of sp³-hybridized carbons (Fsp3) is 0.227. The van der Waals surface area contributed by atoms with Gasteiger partial charge in [0.15, 0.2) is 5.96 Å². The fourth-order valence-electron chi connectivity index (χ4n) is 3.37. The maximum Gasteiger partial charge on any atom is 0.191 e. The van der Waals surface area contributed by atoms with Gasteiger partial charge in [0.1, 0.15) is 5.82 Å². The van der Waals surface area contributed by atoms with Crippen molar-refractivity contribution in [2.45, 2.75) is 19.6 Å². The number of benzene rings is 2. The summed E-state index contributed by atoms with van der Waals surface area (Å²) >= 11 is 0. The molecule has 0 unspecified atom stereocenters. The van der Waals surface area contributed by atoms with Crippen molar-refractivity contribution in [3.05, 3.63) is 83.9 Å². The molecule has 0 radical (unpaired) electrons. The molecule has 4 rings (SSSR count). The van der Waals surface area contributed by atoms with E-state index in [1.165, 1.54) is 11.1 Å². The number of nitrogens with one attached hydrogen (secondary N) is 2. The van der Waals surface area contributed by atoms with Gasteiger partial charge in [0.05, 0.1) is 24.1 Å². The van der Waals surface area contributed by atoms with E-state index in [0.29, 0.717) is 13.1 Å². The molecule has 0 spiro atoms. The number of hydrogen-bond acceptors (Lipinski definition) is 3. The molecule has 148 valence electrons. The van der Waals surface area contributed by atoms with Gasteiger partial charge in [0.25, 0.3) is 0 Å². The van der Waals surface area contributed by atoms with E-state index in [2.05, 4.69) is 55.6 Å². The second-order valence-corrected chi connectivity index (χ2v) is 6.83. The minimum atomic E-state index is 0.597. The van der Waals surface area contributed by atoms with Crippen molar-refractivity contribution in [3.8, 4) is 0 Å². The first-order valence-electron chi connectivity index (χ1n) is 9.63. The molecule has 0 aliphatic rings. The highest BCUT2D eigenvalue weighted by Gasteiger charge is 2.08. The Labute approximate surface area is 170 Å². The average Bonchev–Trinajstić information content (AvgIpc) is 3.37. The number of rotatable bonds is 6. The average molecular weight is 387 g/mol. The Morgan fingerprint density at radius 2 is 1.72 bits per heavy atom. The van der Waals surface area contributed by atoms with E-state index in [4.69, 9.17) is 4.98 Å². The third-order valence-electron chi connectivity index (χ3n) is 4.97. The third-order valence-corrected chi connectivity index (χ3v) is 4.97. The number of aliphatic imine (C=N–C) groups is 1. The van der Waals surface area contributed by atoms with Gasteiger partial charge in [-0.25, -0.2) is 4.98 Å². The molecule has 0 fully saturated rings. The van der Waals surface area contributed by atoms with Gasteiger partial charge in [0, 0.05) is 33.0 Å². The Balaban J connectivity index is 1.39. The van der Waals surface area contributed by atoms with Gasteiger partial charge in [0.2, 0.25) is 0 Å². The summed E-state index contributed by atoms with van der Waals surface area (Å²) in [7, 11) is 3.81. The number of hydrogen-bond donors (Lipinski definition) is 2. The normalized spacial score (nSPS) is 11.7. The van der Waals surface area contributed by atoms with Gasteiger partial charge in [-0.3, -0.25) is 9.67 Å². The Hall–Kier alpha value is -3.61. The van der Waals surface area contributed by atoms with Crippen LogP contribution in [0.1, 0.15) is 17.0 Å². The molecule has 7 nitrogen and oxygen atoms in total. The molecule has 2 aromatic heterocycles. The molecule has 2 N–H and O–H groups in total. The monoisotopic (exact) mass is 387 g/mol. The first-order valence-corrected chi connectivity index (χ1v) is 9.63. The van der Waals surface area contributed by atoms with Crippen molar-refractivity contribution in [2.24, 2.45) is 12.0 Å². The van der Waals surface area contributed by atoms with Crippen LogP contribution in [0.15, 0.2) is 72.0 Å². The zero-order valence-corrected chi connectivity index (χ0v) is 16.7. The Morgan fingerprint density at radius 1 is 0.966 bits per heavy atom. The van der Waals surface area contributed by atoms with Gasteiger partial charge in [-0.1, -0.05) is 36.4 Å². The van der Waals surface area contributed by atoms with Gasteiger partial charge in [-0.05, 0) is 29.3 Å². The van der Waals surface area contributed by atoms with Crippen molar-refractivity contribution in [3.63, 3.8) is 0 Å². The summed E-state index contributed by atoms with van der Waals surface area (Å²) in [4.78, 5) is 9.05. The van der Waals surface area contributed by atoms with Crippen LogP contribution >= 0.6 is 0 Å². The molecule has 0 saturated carbocycles. The van der Waals surface area contributed by atoms with E-state index in [0.717, 1.165) is 29.4 Å². The molecule has 0 aliphatic heterocycles. The predicted octanol–water partition coefficient (Wildman–Crippen LogP) is 2.68. The van der Waals surface area contributed by atoms with Crippen LogP contribution in [0.25, 0.3) is 11.0 Å². The summed E-state index contributed by atoms with van der Waals surface area (Å²) < 4.78 is 4.03. The third kappa shape index (κ3) is 4.29. The maximum absolute atomic E-state index is 4.70. The lowest BCUT2D eigenvalue weighted by atomic mass is 10.1. The number of fused-ring (bicyclic) bond motifs is 1. The molecular formula is C22H25N7. The SMILES string of the molecule is CN=C(NCc1ccccc1Cn1cccn1)NCc1nc2ccccc2n1C. The summed E-state index contributed by atoms with van der Waals surface area (Å²) in [6, 6.07) is 18.5. The molecule has 2 aromatic carbocycles. The molecule has 0 amide bonds. The lowest BCUT2D eigenvalue weighted by Gasteiger charge is -2.14. The molecule has 2 heterocycles. The first-order chi connectivity index (χ1) is 14.2. The highest BCUT2D eigenvalue weighted by Crippen LogP contribution is 2.14. The second kappa shape index (κ2) is 8.60. The van der Waals surface area contributed by atoms with Crippen LogP contribution in [0.2, 0.25) is 0 Å². The number of para-hydroxylation sites is 2. The predicted molar refractivity (Wildman–Crippen MR) is 116 cm³/mol. The molecule has 29 heavy (non-hydrogen) atoms. The summed E-state index contributed by atoms with van der Waals surface area (Å²) in [6.45, 7) is 2.02. The summed E-state index contributed by atoms with van der Waals surface area (Å²) in [5.74, 6) is 1.71. The molecule has 7 heteroatoms. The zero-order valence-electron chi connectivity index (χ0n) is 16.7. The van der Waals surface area contributed by atoms with Gasteiger partial charge in [-0.15, -0.1) is 0 Å². The quantitative estimate of drug-likeness (QED) is 0.394. The van der Waals surface area contributed by atoms with E-state index in [1.54, 1.807) is 13.2 Å². The van der Waals surface area contributed by atoms with E-state index in [1.807, 2.05) is 42.2 Å². The minimum Gasteiger partial charge on any atom is -0.352 e. The van der Waals surface area contributed by atoms with Crippen LogP contribution in [0.5, 0.6) is 0 Å². The van der Waals surface area contributed by atoms with E-state index >= 15 is 0 Å². The second-order valence-electron chi connectivity index (χ2n) is 6.83. The fourth-order valence-corrected chi connectivity index (χ4v) is 3.37. The molecule has 4 aromatic rings. The van der Waals surface area contributed by atoms with Gasteiger partial charge >= 0.3 is 0 Å². The number of aryl methyl sites for hydroxylation is 1. The Kier molecular flexibility index (Phi) is 5.56. The highest BCUT2D eigenvalue weighted by molar-refractivity contribution is 5.80. The van der Waals surface area contributed by atoms with Crippen LogP contribution in [0, 0.1) is 0 Å². The highest BCUT2D eigenvalue weighted by atomic mass is 15.3. The first kappa shape index (κ1) is 18.7. The van der Waals surface area contributed by atoms with E-state index < -0.39 is 0 Å². The van der Waals surface area contributed by atoms with Gasteiger partial charge < -0.3 is 15.2 Å². The van der Waals surface area contributed by atoms with E-state index in [9.17, 15) is 0 Å². The lowest BCUT2D eigenvalue weighted by Crippen LogP contribution is -2.37.